The summed E-state index contributed by atoms with van der Waals surface area (Å²) in [5.74, 6) is 1.83. The lowest BCUT2D eigenvalue weighted by Crippen LogP contribution is -2.27. The van der Waals surface area contributed by atoms with Crippen LogP contribution < -0.4 is 5.32 Å². The van der Waals surface area contributed by atoms with E-state index in [2.05, 4.69) is 20.3 Å². The molecule has 2 heterocycles. The van der Waals surface area contributed by atoms with Crippen molar-refractivity contribution in [1.82, 2.24) is 15.0 Å². The van der Waals surface area contributed by atoms with Crippen molar-refractivity contribution in [2.75, 3.05) is 5.32 Å². The predicted octanol–water partition coefficient (Wildman–Crippen LogP) is 5.18. The molecule has 0 radical (unpaired) electrons. The molecule has 0 aliphatic heterocycles. The Balaban J connectivity index is 1.33. The summed E-state index contributed by atoms with van der Waals surface area (Å²) in [5, 5.41) is 4.66. The highest BCUT2D eigenvalue weighted by Gasteiger charge is 2.32. The number of hydrogen-bond donors (Lipinski definition) is 2. The molecule has 3 aromatic rings. The average Bonchev–Trinajstić information content (AvgIpc) is 3.54. The minimum atomic E-state index is -0.156. The van der Waals surface area contributed by atoms with Crippen LogP contribution in [0, 0.1) is 11.8 Å². The second-order valence-corrected chi connectivity index (χ2v) is 9.17. The van der Waals surface area contributed by atoms with Crippen molar-refractivity contribution in [3.8, 4) is 0 Å². The highest BCUT2D eigenvalue weighted by atomic mass is 35.5. The van der Waals surface area contributed by atoms with Crippen LogP contribution in [-0.2, 0) is 4.79 Å². The van der Waals surface area contributed by atoms with E-state index < -0.39 is 0 Å². The fourth-order valence-corrected chi connectivity index (χ4v) is 4.82. The Morgan fingerprint density at radius 1 is 1.03 bits per heavy atom. The molecule has 2 aliphatic carbocycles. The topological polar surface area (TPSA) is 87.7 Å². The smallest absolute Gasteiger partial charge is 0.196 e. The summed E-state index contributed by atoms with van der Waals surface area (Å²) in [6, 6.07) is 7.31. The molecular formula is C24H25ClN4O2. The molecule has 5 rings (SSSR count). The molecule has 0 spiro atoms. The van der Waals surface area contributed by atoms with Gasteiger partial charge in [-0.2, -0.15) is 0 Å². The summed E-state index contributed by atoms with van der Waals surface area (Å²) in [5.41, 5.74) is 1.59. The molecule has 2 fully saturated rings. The number of hydrogen-bond acceptors (Lipinski definition) is 5. The van der Waals surface area contributed by atoms with E-state index in [0.29, 0.717) is 50.6 Å². The second-order valence-electron chi connectivity index (χ2n) is 8.76. The number of carbonyl (C=O) groups excluding carboxylic acids is 2. The Morgan fingerprint density at radius 2 is 1.81 bits per heavy atom. The van der Waals surface area contributed by atoms with E-state index in [1.807, 2.05) is 0 Å². The summed E-state index contributed by atoms with van der Waals surface area (Å²) < 4.78 is 0. The van der Waals surface area contributed by atoms with Crippen molar-refractivity contribution in [3.63, 3.8) is 0 Å². The first-order valence-electron chi connectivity index (χ1n) is 11.0. The van der Waals surface area contributed by atoms with Gasteiger partial charge in [-0.25, -0.2) is 9.97 Å². The first kappa shape index (κ1) is 20.2. The fourth-order valence-electron chi connectivity index (χ4n) is 4.60. The van der Waals surface area contributed by atoms with E-state index in [-0.39, 0.29) is 11.8 Å². The van der Waals surface area contributed by atoms with Crippen LogP contribution in [0.25, 0.3) is 11.0 Å². The van der Waals surface area contributed by atoms with Gasteiger partial charge in [-0.05, 0) is 56.6 Å². The Bertz CT molecular complexity index is 1130. The molecule has 31 heavy (non-hydrogen) atoms. The molecule has 160 valence electrons. The van der Waals surface area contributed by atoms with Crippen LogP contribution in [0.5, 0.6) is 0 Å². The van der Waals surface area contributed by atoms with E-state index in [4.69, 9.17) is 11.6 Å². The molecular weight excluding hydrogens is 412 g/mol. The van der Waals surface area contributed by atoms with E-state index in [1.54, 1.807) is 30.5 Å². The van der Waals surface area contributed by atoms with Gasteiger partial charge < -0.3 is 10.3 Å². The number of nitrogens with zero attached hydrogens (tertiary/aromatic N) is 2. The van der Waals surface area contributed by atoms with Gasteiger partial charge in [-0.3, -0.25) is 9.59 Å². The van der Waals surface area contributed by atoms with Gasteiger partial charge in [0.1, 0.15) is 23.6 Å². The van der Waals surface area contributed by atoms with Crippen LogP contribution in [0.2, 0.25) is 5.02 Å². The zero-order valence-electron chi connectivity index (χ0n) is 17.2. The Kier molecular flexibility index (Phi) is 5.48. The number of aromatic nitrogens is 3. The van der Waals surface area contributed by atoms with Gasteiger partial charge in [0.05, 0.1) is 16.0 Å². The van der Waals surface area contributed by atoms with Gasteiger partial charge in [0.2, 0.25) is 0 Å². The predicted molar refractivity (Wildman–Crippen MR) is 120 cm³/mol. The standard InChI is InChI=1S/C24H25ClN4O2/c25-19-4-2-1-3-17(19)22(31)18-12-26-23-21(18)24(28-13-27-23)29-16-9-5-14(6-10-16)11-20(30)15-7-8-15/h1-4,12-16H,5-11H2,(H2,26,27,28,29). The number of nitrogens with one attached hydrogen (secondary N) is 2. The first-order valence-corrected chi connectivity index (χ1v) is 11.4. The molecule has 2 N–H and O–H groups in total. The highest BCUT2D eigenvalue weighted by Crippen LogP contribution is 2.36. The number of Topliss-reactive ketones (excluding diaryl/α,β-unsaturated/α-hetero) is 1. The number of ketones is 2. The molecule has 1 aromatic carbocycles. The second kappa shape index (κ2) is 8.42. The summed E-state index contributed by atoms with van der Waals surface area (Å²) in [6.07, 6.45) is 10.2. The van der Waals surface area contributed by atoms with Gasteiger partial charge in [-0.1, -0.05) is 23.7 Å². The average molecular weight is 437 g/mol. The van der Waals surface area contributed by atoms with Gasteiger partial charge in [0, 0.05) is 30.1 Å². The lowest BCUT2D eigenvalue weighted by atomic mass is 9.82. The van der Waals surface area contributed by atoms with Crippen molar-refractivity contribution < 1.29 is 9.59 Å². The first-order chi connectivity index (χ1) is 15.1. The van der Waals surface area contributed by atoms with Crippen molar-refractivity contribution >= 4 is 40.0 Å². The Hall–Kier alpha value is -2.73. The highest BCUT2D eigenvalue weighted by molar-refractivity contribution is 6.35. The zero-order valence-corrected chi connectivity index (χ0v) is 18.0. The Morgan fingerprint density at radius 3 is 2.55 bits per heavy atom. The van der Waals surface area contributed by atoms with Gasteiger partial charge in [0.25, 0.3) is 0 Å². The number of fused-ring (bicyclic) bond motifs is 1. The van der Waals surface area contributed by atoms with E-state index >= 15 is 0 Å². The van der Waals surface area contributed by atoms with Crippen molar-refractivity contribution in [1.29, 1.82) is 0 Å². The summed E-state index contributed by atoms with van der Waals surface area (Å²) in [4.78, 5) is 37.1. The van der Waals surface area contributed by atoms with Crippen molar-refractivity contribution in [2.24, 2.45) is 11.8 Å². The molecule has 2 aromatic heterocycles. The SMILES string of the molecule is O=C(c1ccccc1Cl)c1c[nH]c2ncnc(NC3CCC(CC(=O)C4CC4)CC3)c12. The number of halogens is 1. The maximum absolute atomic E-state index is 13.2. The third-order valence-electron chi connectivity index (χ3n) is 6.54. The minimum absolute atomic E-state index is 0.156. The van der Waals surface area contributed by atoms with Gasteiger partial charge >= 0.3 is 0 Å². The molecule has 0 bridgehead atoms. The molecule has 0 atom stereocenters. The number of rotatable bonds is 7. The third kappa shape index (κ3) is 4.22. The maximum atomic E-state index is 13.2. The van der Waals surface area contributed by atoms with Crippen LogP contribution in [0.1, 0.15) is 60.9 Å². The summed E-state index contributed by atoms with van der Waals surface area (Å²) >= 11 is 6.25. The fraction of sp³-hybridized carbons (Fsp3) is 0.417. The summed E-state index contributed by atoms with van der Waals surface area (Å²) in [7, 11) is 0. The van der Waals surface area contributed by atoms with E-state index in [0.717, 1.165) is 44.9 Å². The molecule has 0 saturated heterocycles. The normalized spacial score (nSPS) is 21.2. The van der Waals surface area contributed by atoms with Crippen LogP contribution in [0.15, 0.2) is 36.8 Å². The number of carbonyl (C=O) groups is 2. The van der Waals surface area contributed by atoms with Crippen LogP contribution in [0.3, 0.4) is 0 Å². The van der Waals surface area contributed by atoms with Gasteiger partial charge in [-0.15, -0.1) is 0 Å². The largest absolute Gasteiger partial charge is 0.367 e. The van der Waals surface area contributed by atoms with Gasteiger partial charge in [0.15, 0.2) is 5.78 Å². The number of aromatic amines is 1. The molecule has 2 saturated carbocycles. The van der Waals surface area contributed by atoms with E-state index in [1.165, 1.54) is 6.33 Å². The molecule has 6 nitrogen and oxygen atoms in total. The molecule has 7 heteroatoms. The zero-order chi connectivity index (χ0) is 21.4. The number of H-pyrrole nitrogens is 1. The quantitative estimate of drug-likeness (QED) is 0.498. The lowest BCUT2D eigenvalue weighted by molar-refractivity contribution is -0.121. The molecule has 0 amide bonds. The van der Waals surface area contributed by atoms with Crippen LogP contribution >= 0.6 is 11.6 Å². The van der Waals surface area contributed by atoms with Crippen molar-refractivity contribution in [3.05, 3.63) is 52.9 Å². The molecule has 2 aliphatic rings. The van der Waals surface area contributed by atoms with E-state index in [9.17, 15) is 9.59 Å². The van der Waals surface area contributed by atoms with Crippen molar-refractivity contribution in [2.45, 2.75) is 51.0 Å². The maximum Gasteiger partial charge on any atom is 0.196 e. The van der Waals surface area contributed by atoms with Crippen LogP contribution in [-0.4, -0.2) is 32.6 Å². The Labute approximate surface area is 185 Å². The molecule has 0 unspecified atom stereocenters. The monoisotopic (exact) mass is 436 g/mol. The number of anilines is 1. The third-order valence-corrected chi connectivity index (χ3v) is 6.87. The summed E-state index contributed by atoms with van der Waals surface area (Å²) in [6.45, 7) is 0. The lowest BCUT2D eigenvalue weighted by Gasteiger charge is -2.29. The van der Waals surface area contributed by atoms with Crippen LogP contribution in [0.4, 0.5) is 5.82 Å². The minimum Gasteiger partial charge on any atom is -0.367 e. The number of benzene rings is 1.